The zero-order valence-corrected chi connectivity index (χ0v) is 13.2. The molecule has 1 heterocycles. The first-order valence-corrected chi connectivity index (χ1v) is 7.85. The molecule has 1 aliphatic rings. The Balaban J connectivity index is 1.61. The van der Waals surface area contributed by atoms with Gasteiger partial charge in [0.25, 0.3) is 0 Å². The van der Waals surface area contributed by atoms with Gasteiger partial charge < -0.3 is 10.2 Å². The van der Waals surface area contributed by atoms with Gasteiger partial charge in [-0.1, -0.05) is 48.0 Å². The normalized spacial score (nSPS) is 17.3. The summed E-state index contributed by atoms with van der Waals surface area (Å²) in [5.41, 5.74) is 3.05. The number of hydrogen-bond acceptors (Lipinski definition) is 2. The number of carbonyl (C=O) groups is 2. The van der Waals surface area contributed by atoms with Crippen LogP contribution in [0.2, 0.25) is 0 Å². The fourth-order valence-electron chi connectivity index (χ4n) is 2.92. The Morgan fingerprint density at radius 3 is 2.70 bits per heavy atom. The molecule has 0 spiro atoms. The van der Waals surface area contributed by atoms with Crippen molar-refractivity contribution >= 4 is 17.5 Å². The lowest BCUT2D eigenvalue weighted by Gasteiger charge is -2.16. The van der Waals surface area contributed by atoms with Crippen molar-refractivity contribution in [2.75, 3.05) is 11.4 Å². The Bertz CT molecular complexity index is 712. The first kappa shape index (κ1) is 15.3. The second-order valence-electron chi connectivity index (χ2n) is 5.87. The Labute approximate surface area is 136 Å². The molecule has 118 valence electrons. The highest BCUT2D eigenvalue weighted by Gasteiger charge is 2.37. The zero-order chi connectivity index (χ0) is 16.2. The van der Waals surface area contributed by atoms with Crippen LogP contribution in [-0.4, -0.2) is 18.4 Å². The van der Waals surface area contributed by atoms with E-state index in [0.717, 1.165) is 16.8 Å². The minimum atomic E-state index is -0.583. The average Bonchev–Trinajstić information content (AvgIpc) is 2.95. The molecule has 0 aliphatic carbocycles. The molecule has 1 N–H and O–H groups in total. The molecule has 1 atom stereocenters. The molecule has 4 heteroatoms. The van der Waals surface area contributed by atoms with E-state index in [9.17, 15) is 9.59 Å². The van der Waals surface area contributed by atoms with Crippen molar-refractivity contribution in [3.05, 3.63) is 65.7 Å². The van der Waals surface area contributed by atoms with Gasteiger partial charge in [0.2, 0.25) is 11.8 Å². The van der Waals surface area contributed by atoms with E-state index >= 15 is 0 Å². The maximum atomic E-state index is 12.5. The van der Waals surface area contributed by atoms with Gasteiger partial charge in [-0.3, -0.25) is 9.59 Å². The smallest absolute Gasteiger partial charge is 0.239 e. The quantitative estimate of drug-likeness (QED) is 0.883. The maximum absolute atomic E-state index is 12.5. The number of aryl methyl sites for hydroxylation is 1. The first-order chi connectivity index (χ1) is 11.1. The van der Waals surface area contributed by atoms with Crippen LogP contribution in [0.1, 0.15) is 17.5 Å². The number of nitrogens with zero attached hydrogens (tertiary/aromatic N) is 1. The number of hydrogen-bond donors (Lipinski definition) is 1. The highest BCUT2D eigenvalue weighted by atomic mass is 16.2. The molecule has 23 heavy (non-hydrogen) atoms. The van der Waals surface area contributed by atoms with Crippen molar-refractivity contribution in [1.29, 1.82) is 0 Å². The summed E-state index contributed by atoms with van der Waals surface area (Å²) in [5.74, 6) is -0.882. The molecule has 1 fully saturated rings. The number of rotatable bonds is 4. The van der Waals surface area contributed by atoms with Gasteiger partial charge in [0.1, 0.15) is 5.92 Å². The third-order valence-corrected chi connectivity index (χ3v) is 4.14. The summed E-state index contributed by atoms with van der Waals surface area (Å²) in [6, 6.07) is 17.5. The van der Waals surface area contributed by atoms with Crippen LogP contribution in [0.5, 0.6) is 0 Å². The van der Waals surface area contributed by atoms with Crippen LogP contribution in [0.3, 0.4) is 0 Å². The first-order valence-electron chi connectivity index (χ1n) is 7.85. The van der Waals surface area contributed by atoms with Crippen LogP contribution in [0.15, 0.2) is 54.6 Å². The summed E-state index contributed by atoms with van der Waals surface area (Å²) in [5, 5.41) is 2.88. The lowest BCUT2D eigenvalue weighted by atomic mass is 10.1. The van der Waals surface area contributed by atoms with E-state index < -0.39 is 5.92 Å². The SMILES string of the molecule is Cc1cccc(CNC(=O)[C@H]2CCN(c3ccccc3)C2=O)c1. The van der Waals surface area contributed by atoms with Gasteiger partial charge in [0.15, 0.2) is 0 Å². The van der Waals surface area contributed by atoms with E-state index in [1.807, 2.05) is 61.5 Å². The van der Waals surface area contributed by atoms with Crippen molar-refractivity contribution < 1.29 is 9.59 Å². The van der Waals surface area contributed by atoms with Crippen LogP contribution in [-0.2, 0) is 16.1 Å². The molecule has 0 bridgehead atoms. The maximum Gasteiger partial charge on any atom is 0.239 e. The minimum absolute atomic E-state index is 0.113. The van der Waals surface area contributed by atoms with Gasteiger partial charge in [-0.15, -0.1) is 0 Å². The van der Waals surface area contributed by atoms with E-state index in [1.54, 1.807) is 4.90 Å². The molecule has 2 amide bonds. The number of carbonyl (C=O) groups excluding carboxylic acids is 2. The lowest BCUT2D eigenvalue weighted by Crippen LogP contribution is -2.36. The minimum Gasteiger partial charge on any atom is -0.351 e. The number of para-hydroxylation sites is 1. The van der Waals surface area contributed by atoms with Crippen molar-refractivity contribution in [3.63, 3.8) is 0 Å². The van der Waals surface area contributed by atoms with Crippen molar-refractivity contribution in [2.45, 2.75) is 19.9 Å². The monoisotopic (exact) mass is 308 g/mol. The standard InChI is InChI=1S/C19H20N2O2/c1-14-6-5-7-15(12-14)13-20-18(22)17-10-11-21(19(17)23)16-8-3-2-4-9-16/h2-9,12,17H,10-11,13H2,1H3,(H,20,22)/t17-/m1/s1. The van der Waals surface area contributed by atoms with Crippen LogP contribution >= 0.6 is 0 Å². The highest BCUT2D eigenvalue weighted by molar-refractivity contribution is 6.09. The lowest BCUT2D eigenvalue weighted by molar-refractivity contribution is -0.132. The highest BCUT2D eigenvalue weighted by Crippen LogP contribution is 2.25. The predicted octanol–water partition coefficient (Wildman–Crippen LogP) is 2.66. The molecule has 4 nitrogen and oxygen atoms in total. The van der Waals surface area contributed by atoms with Crippen molar-refractivity contribution in [2.24, 2.45) is 5.92 Å². The Kier molecular flexibility index (Phi) is 4.42. The van der Waals surface area contributed by atoms with Gasteiger partial charge in [0, 0.05) is 18.8 Å². The molecule has 0 unspecified atom stereocenters. The third-order valence-electron chi connectivity index (χ3n) is 4.14. The number of benzene rings is 2. The predicted molar refractivity (Wildman–Crippen MR) is 89.9 cm³/mol. The van der Waals surface area contributed by atoms with E-state index in [1.165, 1.54) is 0 Å². The summed E-state index contributed by atoms with van der Waals surface area (Å²) in [4.78, 5) is 26.5. The summed E-state index contributed by atoms with van der Waals surface area (Å²) >= 11 is 0. The van der Waals surface area contributed by atoms with Gasteiger partial charge in [0.05, 0.1) is 0 Å². The topological polar surface area (TPSA) is 49.4 Å². The fraction of sp³-hybridized carbons (Fsp3) is 0.263. The van der Waals surface area contributed by atoms with Crippen LogP contribution < -0.4 is 10.2 Å². The van der Waals surface area contributed by atoms with E-state index in [-0.39, 0.29) is 11.8 Å². The van der Waals surface area contributed by atoms with Gasteiger partial charge in [-0.05, 0) is 31.0 Å². The molecular formula is C19H20N2O2. The second kappa shape index (κ2) is 6.65. The molecular weight excluding hydrogens is 288 g/mol. The van der Waals surface area contributed by atoms with Gasteiger partial charge >= 0.3 is 0 Å². The fourth-order valence-corrected chi connectivity index (χ4v) is 2.92. The Morgan fingerprint density at radius 2 is 1.96 bits per heavy atom. The van der Waals surface area contributed by atoms with Crippen LogP contribution in [0, 0.1) is 12.8 Å². The Morgan fingerprint density at radius 1 is 1.17 bits per heavy atom. The molecule has 0 radical (unpaired) electrons. The van der Waals surface area contributed by atoms with E-state index in [0.29, 0.717) is 19.5 Å². The molecule has 0 aromatic heterocycles. The molecule has 3 rings (SSSR count). The number of anilines is 1. The summed E-state index contributed by atoms with van der Waals surface area (Å²) in [6.45, 7) is 3.06. The Hall–Kier alpha value is -2.62. The van der Waals surface area contributed by atoms with Crippen molar-refractivity contribution in [3.8, 4) is 0 Å². The van der Waals surface area contributed by atoms with Gasteiger partial charge in [-0.2, -0.15) is 0 Å². The van der Waals surface area contributed by atoms with E-state index in [4.69, 9.17) is 0 Å². The van der Waals surface area contributed by atoms with E-state index in [2.05, 4.69) is 5.32 Å². The molecule has 1 saturated heterocycles. The third kappa shape index (κ3) is 3.42. The number of nitrogens with one attached hydrogen (secondary N) is 1. The second-order valence-corrected chi connectivity index (χ2v) is 5.87. The zero-order valence-electron chi connectivity index (χ0n) is 13.2. The summed E-state index contributed by atoms with van der Waals surface area (Å²) < 4.78 is 0. The average molecular weight is 308 g/mol. The largest absolute Gasteiger partial charge is 0.351 e. The van der Waals surface area contributed by atoms with Gasteiger partial charge in [-0.25, -0.2) is 0 Å². The van der Waals surface area contributed by atoms with Crippen LogP contribution in [0.25, 0.3) is 0 Å². The molecule has 0 saturated carbocycles. The summed E-state index contributed by atoms with van der Waals surface area (Å²) in [7, 11) is 0. The number of amides is 2. The van der Waals surface area contributed by atoms with Crippen LogP contribution in [0.4, 0.5) is 5.69 Å². The van der Waals surface area contributed by atoms with Crippen molar-refractivity contribution in [1.82, 2.24) is 5.32 Å². The molecule has 1 aliphatic heterocycles. The summed E-state index contributed by atoms with van der Waals surface area (Å²) in [6.07, 6.45) is 0.563. The molecule has 2 aromatic carbocycles. The molecule has 2 aromatic rings.